The maximum atomic E-state index is 6.49. The van der Waals surface area contributed by atoms with Crippen LogP contribution in [0.4, 0.5) is 0 Å². The second-order valence-electron chi connectivity index (χ2n) is 14.4. The summed E-state index contributed by atoms with van der Waals surface area (Å²) >= 11 is 0. The van der Waals surface area contributed by atoms with Gasteiger partial charge in [0.15, 0.2) is 0 Å². The summed E-state index contributed by atoms with van der Waals surface area (Å²) in [6, 6.07) is 40.1. The monoisotopic (exact) mass is 859 g/mol. The molecule has 52 heavy (non-hydrogen) atoms. The maximum absolute atomic E-state index is 6.49. The minimum atomic E-state index is -0.0555. The van der Waals surface area contributed by atoms with Crippen LogP contribution in [0.25, 0.3) is 66.5 Å². The molecule has 0 saturated heterocycles. The Morgan fingerprint density at radius 2 is 1.50 bits per heavy atom. The molecule has 0 fully saturated rings. The number of nitrogens with zero attached hydrogens (tertiary/aromatic N) is 4. The van der Waals surface area contributed by atoms with E-state index < -0.39 is 0 Å². The molecule has 4 heterocycles. The van der Waals surface area contributed by atoms with Crippen LogP contribution in [0, 0.1) is 32.9 Å². The van der Waals surface area contributed by atoms with Gasteiger partial charge in [-0.1, -0.05) is 68.2 Å². The first-order valence-corrected chi connectivity index (χ1v) is 17.2. The van der Waals surface area contributed by atoms with Gasteiger partial charge in [-0.2, -0.15) is 17.2 Å². The summed E-state index contributed by atoms with van der Waals surface area (Å²) in [7, 11) is 0. The number of ether oxygens (including phenoxy) is 1. The minimum Gasteiger partial charge on any atom is -0.509 e. The third kappa shape index (κ3) is 5.63. The summed E-state index contributed by atoms with van der Waals surface area (Å²) in [6.07, 6.45) is 3.86. The van der Waals surface area contributed by atoms with Crippen LogP contribution in [-0.2, 0) is 26.5 Å². The van der Waals surface area contributed by atoms with Crippen LogP contribution in [0.1, 0.15) is 43.0 Å². The molecule has 258 valence electrons. The molecule has 0 N–H and O–H groups in total. The van der Waals surface area contributed by atoms with Gasteiger partial charge in [0.2, 0.25) is 0 Å². The Balaban J connectivity index is 0.00000387. The second kappa shape index (κ2) is 12.6. The first-order valence-electron chi connectivity index (χ1n) is 17.2. The van der Waals surface area contributed by atoms with Crippen molar-refractivity contribution in [2.75, 3.05) is 0 Å². The maximum Gasteiger partial charge on any atom is 2.00 e. The normalized spacial score (nSPS) is 11.9. The van der Waals surface area contributed by atoms with Crippen LogP contribution >= 0.6 is 0 Å². The van der Waals surface area contributed by atoms with Gasteiger partial charge in [-0.05, 0) is 84.3 Å². The Bertz CT molecular complexity index is 2790. The van der Waals surface area contributed by atoms with Crippen molar-refractivity contribution in [3.05, 3.63) is 144 Å². The number of rotatable bonds is 5. The first kappa shape index (κ1) is 33.7. The van der Waals surface area contributed by atoms with Crippen molar-refractivity contribution in [2.24, 2.45) is 0 Å². The van der Waals surface area contributed by atoms with E-state index in [1.165, 1.54) is 22.3 Å². The molecule has 0 saturated carbocycles. The van der Waals surface area contributed by atoms with E-state index in [0.29, 0.717) is 11.5 Å². The average molecular weight is 860 g/mol. The number of aryl methyl sites for hydroxylation is 3. The van der Waals surface area contributed by atoms with E-state index in [0.717, 1.165) is 66.5 Å². The molecule has 6 nitrogen and oxygen atoms in total. The Kier molecular flexibility index (Phi) is 8.19. The van der Waals surface area contributed by atoms with E-state index in [9.17, 15) is 0 Å². The van der Waals surface area contributed by atoms with Gasteiger partial charge in [0, 0.05) is 34.8 Å². The summed E-state index contributed by atoms with van der Waals surface area (Å²) in [5.74, 6) is 1.96. The van der Waals surface area contributed by atoms with Crippen molar-refractivity contribution < 1.29 is 30.2 Å². The van der Waals surface area contributed by atoms with Gasteiger partial charge in [0.05, 0.1) is 16.6 Å². The molecular formula is C45H36N4O2Pt. The van der Waals surface area contributed by atoms with Gasteiger partial charge < -0.3 is 13.7 Å². The number of aromatic nitrogens is 4. The minimum absolute atomic E-state index is 0. The topological polar surface area (TPSA) is 58.0 Å². The van der Waals surface area contributed by atoms with Crippen molar-refractivity contribution in [3.63, 3.8) is 0 Å². The molecule has 5 aromatic carbocycles. The molecule has 0 aliphatic carbocycles. The molecule has 0 atom stereocenters. The van der Waals surface area contributed by atoms with E-state index in [-0.39, 0.29) is 26.5 Å². The average Bonchev–Trinajstić information content (AvgIpc) is 3.82. The molecule has 4 aromatic heterocycles. The zero-order valence-electron chi connectivity index (χ0n) is 29.8. The van der Waals surface area contributed by atoms with E-state index in [1.807, 2.05) is 53.5 Å². The van der Waals surface area contributed by atoms with Crippen molar-refractivity contribution in [3.8, 4) is 34.3 Å². The molecule has 0 unspecified atom stereocenters. The number of para-hydroxylation sites is 1. The van der Waals surface area contributed by atoms with Crippen molar-refractivity contribution in [1.82, 2.24) is 19.3 Å². The Morgan fingerprint density at radius 3 is 2.31 bits per heavy atom. The second-order valence-corrected chi connectivity index (χ2v) is 14.4. The molecule has 0 aliphatic heterocycles. The quantitative estimate of drug-likeness (QED) is 0.162. The number of fused-ring (bicyclic) bond motifs is 7. The van der Waals surface area contributed by atoms with Crippen molar-refractivity contribution in [1.29, 1.82) is 0 Å². The van der Waals surface area contributed by atoms with Crippen LogP contribution < -0.4 is 4.74 Å². The molecule has 9 rings (SSSR count). The van der Waals surface area contributed by atoms with E-state index >= 15 is 0 Å². The van der Waals surface area contributed by atoms with E-state index in [2.05, 4.69) is 119 Å². The molecule has 0 bridgehead atoms. The molecular weight excluding hydrogens is 824 g/mol. The summed E-state index contributed by atoms with van der Waals surface area (Å²) in [6.45, 7) is 13.1. The van der Waals surface area contributed by atoms with Crippen molar-refractivity contribution >= 4 is 43.7 Å². The standard InChI is InChI=1S/C45H36N4O2.Pt/c1-27-22-28(2)42(29(3)23-27)37-19-21-48(47-37)31-10-9-11-32(25-31)50-33-14-15-34-35-16-17-40-43(36-12-7-8-13-39(36)51-40)44(35)49(38(34)26-33)41-24-30(18-20-46-41)45(4,5)6;/h7-24H,1-6H3;/q-2;+2. The van der Waals surface area contributed by atoms with Crippen LogP contribution in [0.2, 0.25) is 0 Å². The van der Waals surface area contributed by atoms with Gasteiger partial charge in [0.25, 0.3) is 0 Å². The fourth-order valence-electron chi connectivity index (χ4n) is 7.44. The van der Waals surface area contributed by atoms with Gasteiger partial charge in [0.1, 0.15) is 17.0 Å². The summed E-state index contributed by atoms with van der Waals surface area (Å²) in [5.41, 5.74) is 11.3. The number of pyridine rings is 1. The predicted octanol–water partition coefficient (Wildman–Crippen LogP) is 11.5. The molecule has 0 aliphatic rings. The van der Waals surface area contributed by atoms with Gasteiger partial charge in [-0.25, -0.2) is 4.98 Å². The summed E-state index contributed by atoms with van der Waals surface area (Å²) in [5, 5.41) is 9.19. The van der Waals surface area contributed by atoms with Crippen LogP contribution in [-0.4, -0.2) is 19.3 Å². The number of hydrogen-bond donors (Lipinski definition) is 0. The fourth-order valence-corrected chi connectivity index (χ4v) is 7.44. The van der Waals surface area contributed by atoms with E-state index in [1.54, 1.807) is 0 Å². The van der Waals surface area contributed by atoms with Gasteiger partial charge in [-0.15, -0.1) is 35.7 Å². The zero-order chi connectivity index (χ0) is 35.0. The Morgan fingerprint density at radius 1 is 0.731 bits per heavy atom. The van der Waals surface area contributed by atoms with Crippen molar-refractivity contribution in [2.45, 2.75) is 47.0 Å². The number of benzene rings is 5. The Hall–Kier alpha value is -5.45. The number of hydrogen-bond acceptors (Lipinski definition) is 4. The van der Waals surface area contributed by atoms with E-state index in [4.69, 9.17) is 19.2 Å². The van der Waals surface area contributed by atoms with Crippen LogP contribution in [0.15, 0.2) is 114 Å². The molecule has 9 aromatic rings. The molecule has 0 radical (unpaired) electrons. The number of furan rings is 1. The fraction of sp³-hybridized carbons (Fsp3) is 0.156. The van der Waals surface area contributed by atoms with Crippen LogP contribution in [0.5, 0.6) is 11.5 Å². The first-order chi connectivity index (χ1) is 24.6. The van der Waals surface area contributed by atoms with Gasteiger partial charge >= 0.3 is 21.1 Å². The third-order valence-electron chi connectivity index (χ3n) is 9.73. The molecule has 0 spiro atoms. The third-order valence-corrected chi connectivity index (χ3v) is 9.73. The predicted molar refractivity (Wildman–Crippen MR) is 206 cm³/mol. The largest absolute Gasteiger partial charge is 2.00 e. The summed E-state index contributed by atoms with van der Waals surface area (Å²) in [4.78, 5) is 4.92. The van der Waals surface area contributed by atoms with Crippen LogP contribution in [0.3, 0.4) is 0 Å². The molecule has 7 heteroatoms. The summed E-state index contributed by atoms with van der Waals surface area (Å²) < 4.78 is 16.9. The SMILES string of the molecule is Cc1cc(C)c(-c2ccn(-c3[c-]c(Oc4[c-]c5c(cc4)c4ccc6oc7ccccc7c6c4n5-c4cc(C(C)(C)C)ccn4)ccc3)n2)c(C)c1.[Pt+2]. The molecule has 0 amide bonds. The zero-order valence-corrected chi connectivity index (χ0v) is 32.1. The smallest absolute Gasteiger partial charge is 0.509 e. The Labute approximate surface area is 316 Å². The van der Waals surface area contributed by atoms with Gasteiger partial charge in [-0.3, -0.25) is 4.68 Å².